The first-order valence-corrected chi connectivity index (χ1v) is 16.3. The molecule has 4 rings (SSSR count). The summed E-state index contributed by atoms with van der Waals surface area (Å²) in [5.41, 5.74) is 0.133. The van der Waals surface area contributed by atoms with Crippen molar-refractivity contribution in [3.63, 3.8) is 0 Å². The van der Waals surface area contributed by atoms with Gasteiger partial charge < -0.3 is 38.9 Å². The molecule has 242 valence electrons. The Labute approximate surface area is 259 Å². The number of carbonyl (C=O) groups is 2. The molecule has 0 bridgehead atoms. The van der Waals surface area contributed by atoms with Crippen LogP contribution >= 0.6 is 0 Å². The van der Waals surface area contributed by atoms with E-state index in [0.717, 1.165) is 10.5 Å². The fourth-order valence-corrected chi connectivity index (χ4v) is 7.71. The molecule has 1 amide bonds. The predicted octanol–water partition coefficient (Wildman–Crippen LogP) is 2.46. The van der Waals surface area contributed by atoms with Gasteiger partial charge in [-0.2, -0.15) is 4.31 Å². The van der Waals surface area contributed by atoms with Crippen molar-refractivity contribution in [2.45, 2.75) is 75.8 Å². The lowest BCUT2D eigenvalue weighted by atomic mass is 9.87. The van der Waals surface area contributed by atoms with Gasteiger partial charge in [-0.3, -0.25) is 0 Å². The van der Waals surface area contributed by atoms with Crippen LogP contribution in [0.4, 0.5) is 4.79 Å². The number of ether oxygens (including phenoxy) is 3. The van der Waals surface area contributed by atoms with Gasteiger partial charge in [-0.25, -0.2) is 8.42 Å². The van der Waals surface area contributed by atoms with Gasteiger partial charge in [-0.1, -0.05) is 44.2 Å². The minimum atomic E-state index is -4.17. The molecule has 0 saturated carbocycles. The van der Waals surface area contributed by atoms with Crippen LogP contribution in [-0.2, 0) is 30.7 Å². The maximum Gasteiger partial charge on any atom is 0.243 e. The zero-order chi connectivity index (χ0) is 32.1. The van der Waals surface area contributed by atoms with Crippen LogP contribution in [0, 0.1) is 11.3 Å². The normalized spacial score (nSPS) is 21.5. The van der Waals surface area contributed by atoms with Gasteiger partial charge in [0.05, 0.1) is 43.4 Å². The number of aliphatic hydroxyl groups is 1. The highest BCUT2D eigenvalue weighted by Crippen LogP contribution is 2.36. The lowest BCUT2D eigenvalue weighted by molar-refractivity contribution is -0.273. The van der Waals surface area contributed by atoms with Gasteiger partial charge in [0.25, 0.3) is 0 Å². The van der Waals surface area contributed by atoms with Gasteiger partial charge >= 0.3 is 0 Å². The molecule has 0 aliphatic carbocycles. The van der Waals surface area contributed by atoms with E-state index in [-0.39, 0.29) is 42.6 Å². The Kier molecular flexibility index (Phi) is 11.1. The van der Waals surface area contributed by atoms with Crippen molar-refractivity contribution in [3.8, 4) is 5.75 Å². The summed E-state index contributed by atoms with van der Waals surface area (Å²) in [6, 6.07) is 13.4. The third-order valence-corrected chi connectivity index (χ3v) is 10.3. The molecule has 0 radical (unpaired) electrons. The zero-order valence-electron chi connectivity index (χ0n) is 25.8. The topological polar surface area (TPSA) is 146 Å². The van der Waals surface area contributed by atoms with Crippen molar-refractivity contribution in [3.05, 3.63) is 60.2 Å². The molecular formula is C32H43N2O9S-. The quantitative estimate of drug-likeness (QED) is 0.313. The van der Waals surface area contributed by atoms with Gasteiger partial charge in [0.15, 0.2) is 6.29 Å². The molecule has 2 aromatic carbocycles. The summed E-state index contributed by atoms with van der Waals surface area (Å²) in [4.78, 5) is 25.7. The van der Waals surface area contributed by atoms with Gasteiger partial charge in [-0.15, -0.1) is 0 Å². The number of nitrogens with zero attached hydrogens (tertiary/aromatic N) is 2. The van der Waals surface area contributed by atoms with E-state index in [9.17, 15) is 28.2 Å². The first-order chi connectivity index (χ1) is 20.8. The minimum absolute atomic E-state index is 0.000580. The second-order valence-corrected chi connectivity index (χ2v) is 14.4. The molecule has 0 aromatic heterocycles. The standard InChI is InChI=1S/C32H44N2O9S/c1-22(35)14-16-32(2,3)21-33(44(39,40)25-12-10-24(41-4)11-13-25)19-29(36)27(18-23-8-6-5-7-9-23)34(31(37)38)28-20-43-30-26(28)15-17-42-30/h5-13,26-30,36H,14-21H2,1-4H3,(H,37,38)/p-1/t26-,27-,28-,29+,30+/m0/s1. The summed E-state index contributed by atoms with van der Waals surface area (Å²) < 4.78 is 46.0. The molecule has 44 heavy (non-hydrogen) atoms. The van der Waals surface area contributed by atoms with Crippen LogP contribution in [0.5, 0.6) is 5.75 Å². The van der Waals surface area contributed by atoms with Crippen molar-refractivity contribution in [1.29, 1.82) is 0 Å². The highest BCUT2D eigenvalue weighted by Gasteiger charge is 2.47. The Morgan fingerprint density at radius 2 is 1.80 bits per heavy atom. The van der Waals surface area contributed by atoms with Gasteiger partial charge in [0.2, 0.25) is 10.0 Å². The Morgan fingerprint density at radius 3 is 2.41 bits per heavy atom. The molecule has 11 nitrogen and oxygen atoms in total. The molecule has 2 saturated heterocycles. The van der Waals surface area contributed by atoms with Crippen LogP contribution in [0.1, 0.15) is 45.6 Å². The van der Waals surface area contributed by atoms with Crippen LogP contribution in [0.15, 0.2) is 59.5 Å². The van der Waals surface area contributed by atoms with Crippen molar-refractivity contribution in [2.24, 2.45) is 11.3 Å². The number of fused-ring (bicyclic) bond motifs is 1. The van der Waals surface area contributed by atoms with E-state index in [0.29, 0.717) is 25.2 Å². The monoisotopic (exact) mass is 631 g/mol. The number of hydrogen-bond donors (Lipinski definition) is 1. The number of carbonyl (C=O) groups excluding carboxylic acids is 2. The smallest absolute Gasteiger partial charge is 0.243 e. The summed E-state index contributed by atoms with van der Waals surface area (Å²) in [6.45, 7) is 5.32. The fraction of sp³-hybridized carbons (Fsp3) is 0.562. The molecule has 12 heteroatoms. The molecule has 2 heterocycles. The summed E-state index contributed by atoms with van der Waals surface area (Å²) in [5, 5.41) is 24.7. The van der Waals surface area contributed by atoms with E-state index in [1.807, 2.05) is 44.2 Å². The van der Waals surface area contributed by atoms with Gasteiger partial charge in [-0.05, 0) is 61.4 Å². The maximum absolute atomic E-state index is 14.1. The minimum Gasteiger partial charge on any atom is -0.530 e. The number of hydrogen-bond acceptors (Lipinski definition) is 9. The largest absolute Gasteiger partial charge is 0.530 e. The molecule has 2 aliphatic heterocycles. The third kappa shape index (κ3) is 8.16. The third-order valence-electron chi connectivity index (χ3n) is 8.51. The molecule has 1 N–H and O–H groups in total. The van der Waals surface area contributed by atoms with E-state index < -0.39 is 52.6 Å². The second-order valence-electron chi connectivity index (χ2n) is 12.4. The summed E-state index contributed by atoms with van der Waals surface area (Å²) in [7, 11) is -2.69. The fourth-order valence-electron chi connectivity index (χ4n) is 6.07. The molecule has 2 fully saturated rings. The van der Waals surface area contributed by atoms with Crippen molar-refractivity contribution in [1.82, 2.24) is 9.21 Å². The molecule has 5 atom stereocenters. The molecule has 0 spiro atoms. The number of methoxy groups -OCH3 is 1. The SMILES string of the molecule is COc1ccc(S(=O)(=O)N(C[C@@H](O)[C@H](Cc2ccccc2)N(C(=O)[O-])[C@H]2CO[C@H]3OCC[C@H]32)CC(C)(C)CCC(C)=O)cc1. The maximum atomic E-state index is 14.1. The van der Waals surface area contributed by atoms with Crippen LogP contribution in [-0.4, -0.2) is 92.5 Å². The summed E-state index contributed by atoms with van der Waals surface area (Å²) >= 11 is 0. The van der Waals surface area contributed by atoms with E-state index in [2.05, 4.69) is 0 Å². The van der Waals surface area contributed by atoms with E-state index >= 15 is 0 Å². The van der Waals surface area contributed by atoms with Crippen molar-refractivity contribution in [2.75, 3.05) is 33.4 Å². The number of sulfonamides is 1. The lowest BCUT2D eigenvalue weighted by Crippen LogP contribution is -2.61. The number of aliphatic hydroxyl groups excluding tert-OH is 1. The first kappa shape index (κ1) is 33.9. The average Bonchev–Trinajstić information content (AvgIpc) is 3.61. The highest BCUT2D eigenvalue weighted by molar-refractivity contribution is 7.89. The molecular weight excluding hydrogens is 588 g/mol. The van der Waals surface area contributed by atoms with Crippen LogP contribution in [0.3, 0.4) is 0 Å². The van der Waals surface area contributed by atoms with Gasteiger partial charge in [0, 0.05) is 25.4 Å². The molecule has 0 unspecified atom stereocenters. The molecule has 2 aromatic rings. The molecule has 2 aliphatic rings. The van der Waals surface area contributed by atoms with E-state index in [1.165, 1.54) is 30.5 Å². The number of amides is 1. The van der Waals surface area contributed by atoms with Gasteiger partial charge in [0.1, 0.15) is 17.6 Å². The van der Waals surface area contributed by atoms with Crippen molar-refractivity contribution < 1.29 is 42.4 Å². The first-order valence-electron chi connectivity index (χ1n) is 14.9. The lowest BCUT2D eigenvalue weighted by Gasteiger charge is -2.43. The second kappa shape index (κ2) is 14.4. The number of rotatable bonds is 15. The van der Waals surface area contributed by atoms with E-state index in [1.54, 1.807) is 12.1 Å². The zero-order valence-corrected chi connectivity index (χ0v) is 26.6. The summed E-state index contributed by atoms with van der Waals surface area (Å²) in [5.74, 6) is 0.240. The Hall–Kier alpha value is -3.03. The predicted molar refractivity (Wildman–Crippen MR) is 160 cm³/mol. The number of carboxylic acid groups (broad SMARTS) is 1. The van der Waals surface area contributed by atoms with Crippen LogP contribution < -0.4 is 9.84 Å². The highest BCUT2D eigenvalue weighted by atomic mass is 32.2. The average molecular weight is 632 g/mol. The van der Waals surface area contributed by atoms with Crippen molar-refractivity contribution >= 4 is 21.9 Å². The number of ketones is 1. The van der Waals surface area contributed by atoms with Crippen LogP contribution in [0.2, 0.25) is 0 Å². The van der Waals surface area contributed by atoms with Crippen LogP contribution in [0.25, 0.3) is 0 Å². The summed E-state index contributed by atoms with van der Waals surface area (Å²) in [6.07, 6.45) is -2.04. The number of benzene rings is 2. The Balaban J connectivity index is 1.70. The van der Waals surface area contributed by atoms with E-state index in [4.69, 9.17) is 14.2 Å². The Morgan fingerprint density at radius 1 is 1.11 bits per heavy atom. The Bertz CT molecular complexity index is 1370. The number of Topliss-reactive ketones (excluding diaryl/α,β-unsaturated/α-hetero) is 1.